The predicted octanol–water partition coefficient (Wildman–Crippen LogP) is 0.514. The number of halogens is 3. The molecule has 1 heterocycles. The van der Waals surface area contributed by atoms with E-state index >= 15 is 0 Å². The largest absolute Gasteiger partial charge is 0.401 e. The molecule has 1 fully saturated rings. The van der Waals surface area contributed by atoms with Gasteiger partial charge in [-0.3, -0.25) is 9.80 Å². The van der Waals surface area contributed by atoms with Crippen molar-refractivity contribution < 1.29 is 13.2 Å². The van der Waals surface area contributed by atoms with Crippen molar-refractivity contribution in [2.45, 2.75) is 19.1 Å². The van der Waals surface area contributed by atoms with E-state index in [1.807, 2.05) is 6.92 Å². The van der Waals surface area contributed by atoms with Crippen molar-refractivity contribution in [3.05, 3.63) is 0 Å². The zero-order chi connectivity index (χ0) is 11.5. The van der Waals surface area contributed by atoms with Crippen molar-refractivity contribution in [2.24, 2.45) is 5.73 Å². The summed E-state index contributed by atoms with van der Waals surface area (Å²) in [6, 6.07) is 0.0826. The lowest BCUT2D eigenvalue weighted by atomic mass is 10.2. The van der Waals surface area contributed by atoms with E-state index in [9.17, 15) is 13.2 Å². The lowest BCUT2D eigenvalue weighted by Gasteiger charge is -2.35. The highest BCUT2D eigenvalue weighted by atomic mass is 19.4. The number of hydrogen-bond donors (Lipinski definition) is 1. The smallest absolute Gasteiger partial charge is 0.327 e. The zero-order valence-electron chi connectivity index (χ0n) is 8.93. The van der Waals surface area contributed by atoms with E-state index in [0.29, 0.717) is 26.2 Å². The molecule has 0 saturated carbocycles. The van der Waals surface area contributed by atoms with Crippen LogP contribution in [-0.4, -0.2) is 61.3 Å². The quantitative estimate of drug-likeness (QED) is 0.759. The molecule has 6 heteroatoms. The Morgan fingerprint density at radius 2 is 1.60 bits per heavy atom. The Balaban J connectivity index is 2.24. The molecule has 1 rings (SSSR count). The fourth-order valence-corrected chi connectivity index (χ4v) is 1.79. The van der Waals surface area contributed by atoms with Crippen LogP contribution in [-0.2, 0) is 0 Å². The molecule has 1 atom stereocenters. The highest BCUT2D eigenvalue weighted by Crippen LogP contribution is 2.17. The SMILES string of the molecule is CC(N)CN1CCN(CC(F)(F)F)CC1. The molecule has 1 aliphatic rings. The van der Waals surface area contributed by atoms with Gasteiger partial charge in [-0.2, -0.15) is 13.2 Å². The standard InChI is InChI=1S/C9H18F3N3/c1-8(13)6-14-2-4-15(5-3-14)7-9(10,11)12/h8H,2-7,13H2,1H3. The van der Waals surface area contributed by atoms with Gasteiger partial charge >= 0.3 is 6.18 Å². The van der Waals surface area contributed by atoms with Gasteiger partial charge in [-0.25, -0.2) is 0 Å². The molecular weight excluding hydrogens is 207 g/mol. The Morgan fingerprint density at radius 3 is 2.00 bits per heavy atom. The number of piperazine rings is 1. The molecule has 0 aromatic rings. The average Bonchev–Trinajstić information content (AvgIpc) is 2.05. The first kappa shape index (κ1) is 12.7. The Bertz CT molecular complexity index is 186. The number of nitrogens with two attached hydrogens (primary N) is 1. The molecule has 1 unspecified atom stereocenters. The van der Waals surface area contributed by atoms with E-state index in [1.165, 1.54) is 4.90 Å². The summed E-state index contributed by atoms with van der Waals surface area (Å²) in [6.45, 7) is 4.19. The van der Waals surface area contributed by atoms with E-state index in [1.54, 1.807) is 0 Å². The van der Waals surface area contributed by atoms with Crippen LogP contribution >= 0.6 is 0 Å². The van der Waals surface area contributed by atoms with Gasteiger partial charge in [0.15, 0.2) is 0 Å². The average molecular weight is 225 g/mol. The summed E-state index contributed by atoms with van der Waals surface area (Å²) >= 11 is 0. The second-order valence-corrected chi connectivity index (χ2v) is 4.17. The first-order chi connectivity index (χ1) is 6.87. The molecule has 1 saturated heterocycles. The minimum atomic E-state index is -4.08. The summed E-state index contributed by atoms with van der Waals surface area (Å²) < 4.78 is 36.2. The van der Waals surface area contributed by atoms with Gasteiger partial charge in [-0.15, -0.1) is 0 Å². The number of nitrogens with zero attached hydrogens (tertiary/aromatic N) is 2. The van der Waals surface area contributed by atoms with Gasteiger partial charge in [0.1, 0.15) is 0 Å². The molecule has 0 aromatic carbocycles. The van der Waals surface area contributed by atoms with Gasteiger partial charge in [-0.05, 0) is 6.92 Å². The molecule has 0 radical (unpaired) electrons. The lowest BCUT2D eigenvalue weighted by Crippen LogP contribution is -2.51. The van der Waals surface area contributed by atoms with Crippen LogP contribution in [0.25, 0.3) is 0 Å². The molecule has 0 aromatic heterocycles. The fraction of sp³-hybridized carbons (Fsp3) is 1.00. The molecular formula is C9H18F3N3. The summed E-state index contributed by atoms with van der Waals surface area (Å²) in [5.74, 6) is 0. The van der Waals surface area contributed by atoms with E-state index in [4.69, 9.17) is 5.73 Å². The summed E-state index contributed by atoms with van der Waals surface area (Å²) in [5.41, 5.74) is 5.62. The lowest BCUT2D eigenvalue weighted by molar-refractivity contribution is -0.149. The van der Waals surface area contributed by atoms with Crippen molar-refractivity contribution >= 4 is 0 Å². The maximum atomic E-state index is 12.1. The van der Waals surface area contributed by atoms with Gasteiger partial charge in [0.05, 0.1) is 6.54 Å². The maximum Gasteiger partial charge on any atom is 0.401 e. The molecule has 3 nitrogen and oxygen atoms in total. The van der Waals surface area contributed by atoms with Crippen LogP contribution in [0.4, 0.5) is 13.2 Å². The van der Waals surface area contributed by atoms with Gasteiger partial charge in [0, 0.05) is 38.8 Å². The third-order valence-corrected chi connectivity index (χ3v) is 2.41. The van der Waals surface area contributed by atoms with Crippen molar-refractivity contribution in [1.29, 1.82) is 0 Å². The minimum absolute atomic E-state index is 0.0826. The van der Waals surface area contributed by atoms with Crippen molar-refractivity contribution in [3.8, 4) is 0 Å². The molecule has 0 bridgehead atoms. The first-order valence-corrected chi connectivity index (χ1v) is 5.14. The number of hydrogen-bond acceptors (Lipinski definition) is 3. The monoisotopic (exact) mass is 225 g/mol. The highest BCUT2D eigenvalue weighted by Gasteiger charge is 2.32. The Labute approximate surface area is 88.0 Å². The topological polar surface area (TPSA) is 32.5 Å². The molecule has 0 aliphatic carbocycles. The minimum Gasteiger partial charge on any atom is -0.327 e. The fourth-order valence-electron chi connectivity index (χ4n) is 1.79. The molecule has 15 heavy (non-hydrogen) atoms. The third-order valence-electron chi connectivity index (χ3n) is 2.41. The van der Waals surface area contributed by atoms with Crippen molar-refractivity contribution in [2.75, 3.05) is 39.3 Å². The summed E-state index contributed by atoms with van der Waals surface area (Å²) in [4.78, 5) is 3.55. The Morgan fingerprint density at radius 1 is 1.13 bits per heavy atom. The molecule has 90 valence electrons. The zero-order valence-corrected chi connectivity index (χ0v) is 8.93. The van der Waals surface area contributed by atoms with Crippen LogP contribution in [0, 0.1) is 0 Å². The Hall–Kier alpha value is -0.330. The summed E-state index contributed by atoms with van der Waals surface area (Å²) in [7, 11) is 0. The van der Waals surface area contributed by atoms with Crippen molar-refractivity contribution in [3.63, 3.8) is 0 Å². The van der Waals surface area contributed by atoms with Gasteiger partial charge in [0.2, 0.25) is 0 Å². The van der Waals surface area contributed by atoms with E-state index in [0.717, 1.165) is 6.54 Å². The van der Waals surface area contributed by atoms with Crippen LogP contribution in [0.5, 0.6) is 0 Å². The van der Waals surface area contributed by atoms with E-state index < -0.39 is 12.7 Å². The third kappa shape index (κ3) is 5.34. The molecule has 2 N–H and O–H groups in total. The molecule has 0 amide bonds. The normalized spacial score (nSPS) is 23.0. The van der Waals surface area contributed by atoms with Crippen LogP contribution in [0.1, 0.15) is 6.92 Å². The highest BCUT2D eigenvalue weighted by molar-refractivity contribution is 4.75. The maximum absolute atomic E-state index is 12.1. The second kappa shape index (κ2) is 5.14. The van der Waals surface area contributed by atoms with E-state index in [2.05, 4.69) is 4.90 Å². The van der Waals surface area contributed by atoms with Gasteiger partial charge in [-0.1, -0.05) is 0 Å². The van der Waals surface area contributed by atoms with Crippen LogP contribution < -0.4 is 5.73 Å². The molecule has 1 aliphatic heterocycles. The van der Waals surface area contributed by atoms with E-state index in [-0.39, 0.29) is 6.04 Å². The van der Waals surface area contributed by atoms with Crippen molar-refractivity contribution in [1.82, 2.24) is 9.80 Å². The van der Waals surface area contributed by atoms with Gasteiger partial charge in [0.25, 0.3) is 0 Å². The van der Waals surface area contributed by atoms with Crippen LogP contribution in [0.3, 0.4) is 0 Å². The summed E-state index contributed by atoms with van der Waals surface area (Å²) in [6.07, 6.45) is -4.08. The molecule has 0 spiro atoms. The van der Waals surface area contributed by atoms with Gasteiger partial charge < -0.3 is 5.73 Å². The number of alkyl halides is 3. The van der Waals surface area contributed by atoms with Crippen LogP contribution in [0.2, 0.25) is 0 Å². The van der Waals surface area contributed by atoms with Crippen LogP contribution in [0.15, 0.2) is 0 Å². The predicted molar refractivity (Wildman–Crippen MR) is 52.6 cm³/mol. The first-order valence-electron chi connectivity index (χ1n) is 5.14. The summed E-state index contributed by atoms with van der Waals surface area (Å²) in [5, 5.41) is 0. The Kier molecular flexibility index (Phi) is 4.36. The second-order valence-electron chi connectivity index (χ2n) is 4.17. The number of rotatable bonds is 3.